The number of carboxylic acid groups (broad SMARTS) is 1. The van der Waals surface area contributed by atoms with Crippen LogP contribution in [-0.4, -0.2) is 20.7 Å². The number of pyridine rings is 1. The molecule has 0 spiro atoms. The molecule has 0 saturated carbocycles. The predicted molar refractivity (Wildman–Crippen MR) is 55.8 cm³/mol. The van der Waals surface area contributed by atoms with Crippen LogP contribution in [0.4, 0.5) is 0 Å². The van der Waals surface area contributed by atoms with Gasteiger partial charge in [-0.2, -0.15) is 5.10 Å². The molecule has 2 heterocycles. The summed E-state index contributed by atoms with van der Waals surface area (Å²) < 4.78 is 1.85. The highest BCUT2D eigenvalue weighted by Crippen LogP contribution is 2.09. The molecule has 0 bridgehead atoms. The lowest BCUT2D eigenvalue weighted by atomic mass is 10.2. The van der Waals surface area contributed by atoms with Crippen LogP contribution >= 0.6 is 0 Å². The highest BCUT2D eigenvalue weighted by molar-refractivity contribution is 5.66. The first-order valence-corrected chi connectivity index (χ1v) is 4.91. The molecule has 1 N–H and O–H groups in total. The monoisotopic (exact) mass is 204 g/mol. The summed E-state index contributed by atoms with van der Waals surface area (Å²) in [6.45, 7) is 0. The summed E-state index contributed by atoms with van der Waals surface area (Å²) >= 11 is 0. The average Bonchev–Trinajstić information content (AvgIpc) is 2.65. The SMILES string of the molecule is O=C(O)CCCc1cccc2ccnn12. The first kappa shape index (κ1) is 9.71. The number of fused-ring (bicyclic) bond motifs is 1. The summed E-state index contributed by atoms with van der Waals surface area (Å²) in [6.07, 6.45) is 3.34. The van der Waals surface area contributed by atoms with Crippen molar-refractivity contribution in [2.24, 2.45) is 0 Å². The van der Waals surface area contributed by atoms with Crippen molar-refractivity contribution < 1.29 is 9.90 Å². The number of carbonyl (C=O) groups is 1. The van der Waals surface area contributed by atoms with E-state index in [0.717, 1.165) is 17.6 Å². The van der Waals surface area contributed by atoms with E-state index in [4.69, 9.17) is 5.11 Å². The van der Waals surface area contributed by atoms with Gasteiger partial charge in [-0.3, -0.25) is 4.79 Å². The fourth-order valence-electron chi connectivity index (χ4n) is 1.62. The molecule has 0 amide bonds. The van der Waals surface area contributed by atoms with Crippen LogP contribution < -0.4 is 0 Å². The summed E-state index contributed by atoms with van der Waals surface area (Å²) in [5, 5.41) is 12.7. The van der Waals surface area contributed by atoms with E-state index in [0.29, 0.717) is 6.42 Å². The third-order valence-corrected chi connectivity index (χ3v) is 2.32. The molecule has 2 aromatic heterocycles. The van der Waals surface area contributed by atoms with Gasteiger partial charge in [-0.15, -0.1) is 0 Å². The lowest BCUT2D eigenvalue weighted by Gasteiger charge is -2.03. The maximum Gasteiger partial charge on any atom is 0.303 e. The minimum Gasteiger partial charge on any atom is -0.481 e. The summed E-state index contributed by atoms with van der Waals surface area (Å²) in [7, 11) is 0. The van der Waals surface area contributed by atoms with E-state index < -0.39 is 5.97 Å². The molecule has 0 unspecified atom stereocenters. The van der Waals surface area contributed by atoms with Crippen LogP contribution in [0, 0.1) is 0 Å². The second-order valence-electron chi connectivity index (χ2n) is 3.43. The molecule has 4 nitrogen and oxygen atoms in total. The van der Waals surface area contributed by atoms with Gasteiger partial charge in [-0.25, -0.2) is 4.52 Å². The standard InChI is InChI=1S/C11H12N2O2/c14-11(15)6-2-5-9-3-1-4-10-7-8-12-13(9)10/h1,3-4,7-8H,2,5-6H2,(H,14,15). The molecule has 0 atom stereocenters. The van der Waals surface area contributed by atoms with Gasteiger partial charge in [0.1, 0.15) is 0 Å². The van der Waals surface area contributed by atoms with Crippen molar-refractivity contribution in [2.45, 2.75) is 19.3 Å². The number of rotatable bonds is 4. The van der Waals surface area contributed by atoms with Gasteiger partial charge in [0.15, 0.2) is 0 Å². The topological polar surface area (TPSA) is 54.6 Å². The number of aromatic nitrogens is 2. The minimum atomic E-state index is -0.748. The van der Waals surface area contributed by atoms with Crippen molar-refractivity contribution in [2.75, 3.05) is 0 Å². The molecule has 0 radical (unpaired) electrons. The summed E-state index contributed by atoms with van der Waals surface area (Å²) in [5.41, 5.74) is 2.10. The van der Waals surface area contributed by atoms with Crippen molar-refractivity contribution in [3.05, 3.63) is 36.2 Å². The Morgan fingerprint density at radius 1 is 1.40 bits per heavy atom. The second-order valence-corrected chi connectivity index (χ2v) is 3.43. The molecule has 78 valence electrons. The maximum absolute atomic E-state index is 10.4. The molecular formula is C11H12N2O2. The first-order valence-electron chi connectivity index (χ1n) is 4.91. The number of hydrogen-bond donors (Lipinski definition) is 1. The van der Waals surface area contributed by atoms with Crippen LogP contribution in [0.1, 0.15) is 18.5 Å². The van der Waals surface area contributed by atoms with E-state index in [2.05, 4.69) is 5.10 Å². The van der Waals surface area contributed by atoms with E-state index in [9.17, 15) is 4.79 Å². The highest BCUT2D eigenvalue weighted by Gasteiger charge is 2.02. The van der Waals surface area contributed by atoms with Crippen molar-refractivity contribution >= 4 is 11.5 Å². The molecule has 0 aliphatic rings. The van der Waals surface area contributed by atoms with Crippen LogP contribution in [-0.2, 0) is 11.2 Å². The average molecular weight is 204 g/mol. The number of nitrogens with zero attached hydrogens (tertiary/aromatic N) is 2. The minimum absolute atomic E-state index is 0.206. The largest absolute Gasteiger partial charge is 0.481 e. The lowest BCUT2D eigenvalue weighted by Crippen LogP contribution is -2.01. The van der Waals surface area contributed by atoms with Gasteiger partial charge in [0.2, 0.25) is 0 Å². The Hall–Kier alpha value is -1.84. The number of aryl methyl sites for hydroxylation is 1. The summed E-state index contributed by atoms with van der Waals surface area (Å²) in [6, 6.07) is 7.85. The van der Waals surface area contributed by atoms with E-state index in [1.54, 1.807) is 6.20 Å². The fourth-order valence-corrected chi connectivity index (χ4v) is 1.62. The molecule has 0 aliphatic heterocycles. The lowest BCUT2D eigenvalue weighted by molar-refractivity contribution is -0.137. The second kappa shape index (κ2) is 4.13. The molecule has 2 rings (SSSR count). The Labute approximate surface area is 87.2 Å². The van der Waals surface area contributed by atoms with Crippen LogP contribution in [0.2, 0.25) is 0 Å². The predicted octanol–water partition coefficient (Wildman–Crippen LogP) is 1.74. The third kappa shape index (κ3) is 2.15. The zero-order valence-electron chi connectivity index (χ0n) is 8.26. The van der Waals surface area contributed by atoms with E-state index in [-0.39, 0.29) is 6.42 Å². The van der Waals surface area contributed by atoms with Gasteiger partial charge in [0.25, 0.3) is 0 Å². The molecular weight excluding hydrogens is 192 g/mol. The smallest absolute Gasteiger partial charge is 0.303 e. The van der Waals surface area contributed by atoms with Crippen molar-refractivity contribution in [1.82, 2.24) is 9.61 Å². The molecule has 15 heavy (non-hydrogen) atoms. The van der Waals surface area contributed by atoms with Crippen molar-refractivity contribution in [3.8, 4) is 0 Å². The number of aliphatic carboxylic acids is 1. The van der Waals surface area contributed by atoms with Crippen LogP contribution in [0.25, 0.3) is 5.52 Å². The number of hydrogen-bond acceptors (Lipinski definition) is 2. The van der Waals surface area contributed by atoms with E-state index in [1.165, 1.54) is 0 Å². The molecule has 0 aliphatic carbocycles. The molecule has 2 aromatic rings. The zero-order valence-corrected chi connectivity index (χ0v) is 8.26. The molecule has 0 aromatic carbocycles. The Morgan fingerprint density at radius 2 is 2.27 bits per heavy atom. The third-order valence-electron chi connectivity index (χ3n) is 2.32. The summed E-state index contributed by atoms with van der Waals surface area (Å²) in [4.78, 5) is 10.4. The van der Waals surface area contributed by atoms with Gasteiger partial charge in [0, 0.05) is 18.3 Å². The fraction of sp³-hybridized carbons (Fsp3) is 0.273. The zero-order chi connectivity index (χ0) is 10.7. The maximum atomic E-state index is 10.4. The Balaban J connectivity index is 2.13. The normalized spacial score (nSPS) is 10.7. The van der Waals surface area contributed by atoms with Gasteiger partial charge in [-0.05, 0) is 31.0 Å². The highest BCUT2D eigenvalue weighted by atomic mass is 16.4. The molecule has 0 fully saturated rings. The van der Waals surface area contributed by atoms with Crippen LogP contribution in [0.15, 0.2) is 30.5 Å². The van der Waals surface area contributed by atoms with Crippen molar-refractivity contribution in [1.29, 1.82) is 0 Å². The Morgan fingerprint density at radius 3 is 3.07 bits per heavy atom. The van der Waals surface area contributed by atoms with Crippen LogP contribution in [0.3, 0.4) is 0 Å². The molecule has 4 heteroatoms. The van der Waals surface area contributed by atoms with Gasteiger partial charge >= 0.3 is 5.97 Å². The number of carboxylic acids is 1. The van der Waals surface area contributed by atoms with E-state index in [1.807, 2.05) is 28.8 Å². The Kier molecular flexibility index (Phi) is 2.67. The first-order chi connectivity index (χ1) is 7.27. The quantitative estimate of drug-likeness (QED) is 0.825. The Bertz CT molecular complexity index is 476. The van der Waals surface area contributed by atoms with Gasteiger partial charge in [0.05, 0.1) is 5.52 Å². The van der Waals surface area contributed by atoms with Gasteiger partial charge in [-0.1, -0.05) is 6.07 Å². The van der Waals surface area contributed by atoms with Crippen molar-refractivity contribution in [3.63, 3.8) is 0 Å². The molecule has 0 saturated heterocycles. The van der Waals surface area contributed by atoms with Crippen LogP contribution in [0.5, 0.6) is 0 Å². The van der Waals surface area contributed by atoms with Gasteiger partial charge < -0.3 is 5.11 Å². The summed E-state index contributed by atoms with van der Waals surface area (Å²) in [5.74, 6) is -0.748. The van der Waals surface area contributed by atoms with E-state index >= 15 is 0 Å².